The molecule has 0 spiro atoms. The van der Waals surface area contributed by atoms with Crippen molar-refractivity contribution in [2.45, 2.75) is 13.8 Å². The number of nitrogens with one attached hydrogen (secondary N) is 1. The molecule has 3 nitrogen and oxygen atoms in total. The Morgan fingerprint density at radius 1 is 1.35 bits per heavy atom. The van der Waals surface area contributed by atoms with E-state index >= 15 is 0 Å². The van der Waals surface area contributed by atoms with Gasteiger partial charge in [0.2, 0.25) is 0 Å². The van der Waals surface area contributed by atoms with E-state index in [0.29, 0.717) is 10.2 Å². The Kier molecular flexibility index (Phi) is 3.03. The van der Waals surface area contributed by atoms with Crippen LogP contribution in [-0.2, 0) is 0 Å². The zero-order valence-corrected chi connectivity index (χ0v) is 10.4. The molecule has 0 unspecified atom stereocenters. The van der Waals surface area contributed by atoms with Crippen LogP contribution >= 0.6 is 12.2 Å². The summed E-state index contributed by atoms with van der Waals surface area (Å²) in [5.74, 6) is 0.776. The van der Waals surface area contributed by atoms with Crippen molar-refractivity contribution >= 4 is 12.2 Å². The molecule has 1 N–H and O–H groups in total. The summed E-state index contributed by atoms with van der Waals surface area (Å²) in [6.07, 6.45) is 0. The zero-order chi connectivity index (χ0) is 12.4. The van der Waals surface area contributed by atoms with Gasteiger partial charge >= 0.3 is 0 Å². The summed E-state index contributed by atoms with van der Waals surface area (Å²) in [6.45, 7) is 3.80. The average molecular weight is 241 g/mol. The Balaban J connectivity index is 2.69. The molecule has 0 atom stereocenters. The lowest BCUT2D eigenvalue weighted by Crippen LogP contribution is -1.96. The predicted molar refractivity (Wildman–Crippen MR) is 69.0 cm³/mol. The molecular formula is C13H11N3S. The number of nitriles is 1. The van der Waals surface area contributed by atoms with Gasteiger partial charge in [0.25, 0.3) is 0 Å². The van der Waals surface area contributed by atoms with E-state index in [-0.39, 0.29) is 0 Å². The Labute approximate surface area is 105 Å². The first-order chi connectivity index (χ1) is 8.11. The Morgan fingerprint density at radius 2 is 2.12 bits per heavy atom. The largest absolute Gasteiger partial charge is 0.343 e. The van der Waals surface area contributed by atoms with E-state index in [1.165, 1.54) is 0 Å². The summed E-state index contributed by atoms with van der Waals surface area (Å²) < 4.78 is 0.596. The number of aromatic nitrogens is 2. The van der Waals surface area contributed by atoms with Gasteiger partial charge in [0.15, 0.2) is 0 Å². The monoisotopic (exact) mass is 241 g/mol. The predicted octanol–water partition coefficient (Wildman–Crippen LogP) is 3.29. The lowest BCUT2D eigenvalue weighted by atomic mass is 10.1. The molecule has 0 aliphatic rings. The lowest BCUT2D eigenvalue weighted by molar-refractivity contribution is 1.02. The van der Waals surface area contributed by atoms with E-state index < -0.39 is 0 Å². The summed E-state index contributed by atoms with van der Waals surface area (Å²) in [5, 5.41) is 8.89. The van der Waals surface area contributed by atoms with E-state index in [0.717, 1.165) is 22.6 Å². The van der Waals surface area contributed by atoms with E-state index in [1.807, 2.05) is 32.0 Å². The first-order valence-corrected chi connectivity index (χ1v) is 5.60. The van der Waals surface area contributed by atoms with Gasteiger partial charge in [-0.3, -0.25) is 0 Å². The molecule has 1 aromatic carbocycles. The van der Waals surface area contributed by atoms with Crippen LogP contribution in [0.5, 0.6) is 0 Å². The molecule has 0 bridgehead atoms. The van der Waals surface area contributed by atoms with Crippen LogP contribution in [0.15, 0.2) is 24.3 Å². The highest BCUT2D eigenvalue weighted by atomic mass is 32.1. The topological polar surface area (TPSA) is 52.5 Å². The average Bonchev–Trinajstić information content (AvgIpc) is 2.34. The van der Waals surface area contributed by atoms with Crippen LogP contribution in [0.3, 0.4) is 0 Å². The molecule has 0 fully saturated rings. The molecule has 0 amide bonds. The summed E-state index contributed by atoms with van der Waals surface area (Å²) in [5.41, 5.74) is 3.45. The van der Waals surface area contributed by atoms with Crippen molar-refractivity contribution in [3.8, 4) is 17.3 Å². The molecular weight excluding hydrogens is 230 g/mol. The quantitative estimate of drug-likeness (QED) is 0.779. The number of hydrogen-bond acceptors (Lipinski definition) is 3. The van der Waals surface area contributed by atoms with Crippen LogP contribution in [-0.4, -0.2) is 9.97 Å². The second-order valence-corrected chi connectivity index (χ2v) is 4.21. The van der Waals surface area contributed by atoms with Gasteiger partial charge in [-0.05, 0) is 31.5 Å². The fourth-order valence-electron chi connectivity index (χ4n) is 1.68. The minimum absolute atomic E-state index is 0.596. The molecule has 4 heteroatoms. The van der Waals surface area contributed by atoms with E-state index in [2.05, 4.69) is 16.0 Å². The van der Waals surface area contributed by atoms with Crippen LogP contribution in [0.25, 0.3) is 11.3 Å². The number of H-pyrrole nitrogens is 1. The second kappa shape index (κ2) is 4.48. The summed E-state index contributed by atoms with van der Waals surface area (Å²) in [4.78, 5) is 7.39. The third kappa shape index (κ3) is 2.24. The molecule has 2 rings (SSSR count). The normalized spacial score (nSPS) is 9.94. The fraction of sp³-hybridized carbons (Fsp3) is 0.154. The molecule has 0 saturated carbocycles. The van der Waals surface area contributed by atoms with Crippen LogP contribution in [0.2, 0.25) is 0 Å². The van der Waals surface area contributed by atoms with Crippen molar-refractivity contribution in [3.63, 3.8) is 0 Å². The first-order valence-electron chi connectivity index (χ1n) is 5.20. The molecule has 0 saturated heterocycles. The third-order valence-electron chi connectivity index (χ3n) is 2.55. The molecule has 0 aliphatic carbocycles. The van der Waals surface area contributed by atoms with E-state index in [1.54, 1.807) is 6.07 Å². The summed E-state index contributed by atoms with van der Waals surface area (Å²) >= 11 is 5.19. The van der Waals surface area contributed by atoms with Gasteiger partial charge in [0, 0.05) is 5.56 Å². The molecule has 84 valence electrons. The number of aromatic amines is 1. The molecule has 0 aliphatic heterocycles. The van der Waals surface area contributed by atoms with Crippen molar-refractivity contribution < 1.29 is 0 Å². The first kappa shape index (κ1) is 11.5. The molecule has 2 aromatic rings. The summed E-state index contributed by atoms with van der Waals surface area (Å²) in [6, 6.07) is 9.56. The highest BCUT2D eigenvalue weighted by Gasteiger charge is 2.06. The number of benzene rings is 1. The number of aryl methyl sites for hydroxylation is 1. The van der Waals surface area contributed by atoms with Crippen LogP contribution < -0.4 is 0 Å². The van der Waals surface area contributed by atoms with Crippen molar-refractivity contribution in [2.24, 2.45) is 0 Å². The van der Waals surface area contributed by atoms with Crippen LogP contribution in [0.1, 0.15) is 17.0 Å². The standard InChI is InChI=1S/C13H11N3S/c1-8-12(15-9(2)16-13(8)17)11-5-3-4-10(6-11)7-14/h3-6H,1-2H3,(H,15,16,17). The molecule has 17 heavy (non-hydrogen) atoms. The third-order valence-corrected chi connectivity index (χ3v) is 2.95. The van der Waals surface area contributed by atoms with Gasteiger partial charge in [-0.15, -0.1) is 0 Å². The van der Waals surface area contributed by atoms with Crippen molar-refractivity contribution in [1.82, 2.24) is 9.97 Å². The minimum atomic E-state index is 0.596. The zero-order valence-electron chi connectivity index (χ0n) is 9.61. The maximum atomic E-state index is 8.89. The van der Waals surface area contributed by atoms with E-state index in [9.17, 15) is 0 Å². The van der Waals surface area contributed by atoms with Crippen LogP contribution in [0, 0.1) is 29.8 Å². The molecule has 1 heterocycles. The van der Waals surface area contributed by atoms with Gasteiger partial charge < -0.3 is 4.98 Å². The minimum Gasteiger partial charge on any atom is -0.343 e. The van der Waals surface area contributed by atoms with Crippen molar-refractivity contribution in [1.29, 1.82) is 5.26 Å². The van der Waals surface area contributed by atoms with Gasteiger partial charge in [-0.1, -0.05) is 24.4 Å². The number of hydrogen-bond donors (Lipinski definition) is 1. The SMILES string of the molecule is Cc1nc(=S)c(C)c(-c2cccc(C#N)c2)[nH]1. The summed E-state index contributed by atoms with van der Waals surface area (Å²) in [7, 11) is 0. The van der Waals surface area contributed by atoms with Gasteiger partial charge in [0.1, 0.15) is 10.5 Å². The van der Waals surface area contributed by atoms with Crippen LogP contribution in [0.4, 0.5) is 0 Å². The van der Waals surface area contributed by atoms with Gasteiger partial charge in [-0.2, -0.15) is 5.26 Å². The van der Waals surface area contributed by atoms with Crippen molar-refractivity contribution in [3.05, 3.63) is 45.9 Å². The number of nitrogens with zero attached hydrogens (tertiary/aromatic N) is 2. The Hall–Kier alpha value is -1.99. The maximum Gasteiger partial charge on any atom is 0.133 e. The molecule has 0 radical (unpaired) electrons. The van der Waals surface area contributed by atoms with Gasteiger partial charge in [-0.25, -0.2) is 4.98 Å². The maximum absolute atomic E-state index is 8.89. The lowest BCUT2D eigenvalue weighted by Gasteiger charge is -2.07. The Morgan fingerprint density at radius 3 is 2.82 bits per heavy atom. The van der Waals surface area contributed by atoms with Gasteiger partial charge in [0.05, 0.1) is 17.3 Å². The Bertz CT molecular complexity index is 665. The molecule has 1 aromatic heterocycles. The fourth-order valence-corrected chi connectivity index (χ4v) is 1.92. The van der Waals surface area contributed by atoms with E-state index in [4.69, 9.17) is 17.5 Å². The highest BCUT2D eigenvalue weighted by molar-refractivity contribution is 7.71. The number of rotatable bonds is 1. The van der Waals surface area contributed by atoms with Crippen molar-refractivity contribution in [2.75, 3.05) is 0 Å². The highest BCUT2D eigenvalue weighted by Crippen LogP contribution is 2.22. The smallest absolute Gasteiger partial charge is 0.133 e. The second-order valence-electron chi connectivity index (χ2n) is 3.82.